The van der Waals surface area contributed by atoms with Gasteiger partial charge in [-0.3, -0.25) is 14.2 Å². The quantitative estimate of drug-likeness (QED) is 0.456. The Kier molecular flexibility index (Phi) is 7.25. The van der Waals surface area contributed by atoms with Gasteiger partial charge in [0, 0.05) is 11.3 Å². The molecule has 176 valence electrons. The molecular weight excluding hydrogens is 468 g/mol. The second-order valence-corrected chi connectivity index (χ2v) is 9.11. The number of rotatable bonds is 5. The first kappa shape index (κ1) is 24.4. The second-order valence-electron chi connectivity index (χ2n) is 8.08. The van der Waals surface area contributed by atoms with E-state index < -0.39 is 0 Å². The molecule has 1 aromatic heterocycles. The Labute approximate surface area is 212 Å². The Morgan fingerprint density at radius 3 is 2.44 bits per heavy atom. The zero-order valence-corrected chi connectivity index (χ0v) is 20.6. The number of nitrogens with one attached hydrogen (secondary N) is 1. The minimum atomic E-state index is -0.312. The van der Waals surface area contributed by atoms with E-state index >= 15 is 0 Å². The summed E-state index contributed by atoms with van der Waals surface area (Å²) in [6.07, 6.45) is 2.39. The number of para-hydroxylation sites is 1. The summed E-state index contributed by atoms with van der Waals surface area (Å²) in [6.45, 7) is 3.94. The van der Waals surface area contributed by atoms with Crippen LogP contribution in [-0.4, -0.2) is 10.5 Å². The van der Waals surface area contributed by atoms with Crippen molar-refractivity contribution in [2.45, 2.75) is 20.3 Å². The lowest BCUT2D eigenvalue weighted by Gasteiger charge is -2.08. The van der Waals surface area contributed by atoms with Gasteiger partial charge in [0.05, 0.1) is 10.2 Å². The van der Waals surface area contributed by atoms with Gasteiger partial charge in [-0.2, -0.15) is 10.5 Å². The smallest absolute Gasteiger partial charge is 0.273 e. The fourth-order valence-electron chi connectivity index (χ4n) is 3.78. The van der Waals surface area contributed by atoms with Gasteiger partial charge in [0.2, 0.25) is 0 Å². The molecule has 0 radical (unpaired) electrons. The number of amides is 1. The molecule has 0 spiro atoms. The molecule has 0 saturated heterocycles. The lowest BCUT2D eigenvalue weighted by molar-refractivity contribution is 0.102. The molecular formula is C29H22N4O2S. The highest BCUT2D eigenvalue weighted by atomic mass is 32.1. The van der Waals surface area contributed by atoms with E-state index in [1.54, 1.807) is 36.4 Å². The summed E-state index contributed by atoms with van der Waals surface area (Å²) in [5.74, 6) is -0.230. The largest absolute Gasteiger partial charge is 0.322 e. The standard InChI is InChI=1S/C29H22N4O2S/c1-3-21-8-4-5-10-25(21)33-28(35)26(36-29(33)23(17-30)18-31)16-20-7-6-9-24(15-20)32-27(34)22-13-11-19(2)12-14-22/h4-16H,3H2,1-2H3,(H,32,34)/b26-16+. The van der Waals surface area contributed by atoms with E-state index in [4.69, 9.17) is 0 Å². The highest BCUT2D eigenvalue weighted by molar-refractivity contribution is 7.07. The Hall–Kier alpha value is -4.72. The number of aromatic nitrogens is 1. The molecule has 4 aromatic rings. The van der Waals surface area contributed by atoms with E-state index in [0.717, 1.165) is 22.5 Å². The van der Waals surface area contributed by atoms with Crippen LogP contribution in [0.2, 0.25) is 0 Å². The van der Waals surface area contributed by atoms with Crippen molar-refractivity contribution in [3.63, 3.8) is 0 Å². The van der Waals surface area contributed by atoms with E-state index in [0.29, 0.717) is 38.1 Å². The summed E-state index contributed by atoms with van der Waals surface area (Å²) < 4.78 is 2.11. The minimum Gasteiger partial charge on any atom is -0.322 e. The summed E-state index contributed by atoms with van der Waals surface area (Å²) in [6, 6.07) is 25.7. The van der Waals surface area contributed by atoms with Crippen molar-refractivity contribution in [1.29, 1.82) is 10.5 Å². The fourth-order valence-corrected chi connectivity index (χ4v) is 4.83. The van der Waals surface area contributed by atoms with Crippen molar-refractivity contribution in [1.82, 2.24) is 4.57 Å². The van der Waals surface area contributed by atoms with Crippen LogP contribution in [0.1, 0.15) is 34.0 Å². The van der Waals surface area contributed by atoms with E-state index in [-0.39, 0.29) is 17.0 Å². The molecule has 0 saturated carbocycles. The first-order chi connectivity index (χ1) is 17.4. The molecule has 3 aromatic carbocycles. The zero-order chi connectivity index (χ0) is 25.7. The molecule has 0 unspecified atom stereocenters. The number of aryl methyl sites for hydroxylation is 2. The topological polar surface area (TPSA) is 98.7 Å². The van der Waals surface area contributed by atoms with Crippen molar-refractivity contribution in [3.8, 4) is 17.8 Å². The van der Waals surface area contributed by atoms with Gasteiger partial charge in [0.25, 0.3) is 11.5 Å². The maximum absolute atomic E-state index is 13.5. The third-order valence-corrected chi connectivity index (χ3v) is 6.72. The van der Waals surface area contributed by atoms with Crippen molar-refractivity contribution >= 4 is 34.6 Å². The SMILES string of the molecule is CCc1ccccc1-n1c(=C(C#N)C#N)s/c(=C/c2cccc(NC(=O)c3ccc(C)cc3)c2)c1=O. The Bertz CT molecular complexity index is 1700. The van der Waals surface area contributed by atoms with Crippen LogP contribution in [-0.2, 0) is 6.42 Å². The first-order valence-corrected chi connectivity index (χ1v) is 12.1. The van der Waals surface area contributed by atoms with Crippen LogP contribution in [0.4, 0.5) is 5.69 Å². The minimum absolute atomic E-state index is 0.123. The van der Waals surface area contributed by atoms with Crippen LogP contribution in [0.15, 0.2) is 77.6 Å². The normalized spacial score (nSPS) is 10.9. The van der Waals surface area contributed by atoms with Gasteiger partial charge in [0.15, 0.2) is 5.57 Å². The third kappa shape index (κ3) is 5.02. The van der Waals surface area contributed by atoms with E-state index in [1.165, 1.54) is 4.57 Å². The molecule has 0 aliphatic heterocycles. The summed E-state index contributed by atoms with van der Waals surface area (Å²) in [4.78, 5) is 26.1. The van der Waals surface area contributed by atoms with Crippen LogP contribution in [0.25, 0.3) is 17.3 Å². The number of thiazole rings is 1. The Morgan fingerprint density at radius 2 is 1.75 bits per heavy atom. The predicted octanol–water partition coefficient (Wildman–Crippen LogP) is 4.05. The number of nitriles is 2. The molecule has 0 aliphatic rings. The maximum atomic E-state index is 13.5. The van der Waals surface area contributed by atoms with Gasteiger partial charge in [-0.1, -0.05) is 55.0 Å². The van der Waals surface area contributed by atoms with Crippen LogP contribution in [0.3, 0.4) is 0 Å². The summed E-state index contributed by atoms with van der Waals surface area (Å²) >= 11 is 1.10. The molecule has 4 rings (SSSR count). The zero-order valence-electron chi connectivity index (χ0n) is 19.8. The molecule has 1 heterocycles. The summed E-state index contributed by atoms with van der Waals surface area (Å²) in [5.41, 5.74) is 4.05. The van der Waals surface area contributed by atoms with Crippen LogP contribution in [0, 0.1) is 29.6 Å². The third-order valence-electron chi connectivity index (χ3n) is 5.63. The summed E-state index contributed by atoms with van der Waals surface area (Å²) in [7, 11) is 0. The number of carbonyl (C=O) groups is 1. The van der Waals surface area contributed by atoms with E-state index in [9.17, 15) is 20.1 Å². The highest BCUT2D eigenvalue weighted by Crippen LogP contribution is 2.15. The summed E-state index contributed by atoms with van der Waals surface area (Å²) in [5, 5.41) is 21.9. The van der Waals surface area contributed by atoms with Gasteiger partial charge in [-0.25, -0.2) is 0 Å². The van der Waals surface area contributed by atoms with Gasteiger partial charge >= 0.3 is 0 Å². The molecule has 6 nitrogen and oxygen atoms in total. The highest BCUT2D eigenvalue weighted by Gasteiger charge is 2.14. The van der Waals surface area contributed by atoms with Gasteiger partial charge in [0.1, 0.15) is 16.8 Å². The monoisotopic (exact) mass is 490 g/mol. The Morgan fingerprint density at radius 1 is 1.03 bits per heavy atom. The molecule has 0 bridgehead atoms. The number of benzene rings is 3. The van der Waals surface area contributed by atoms with Gasteiger partial charge < -0.3 is 5.32 Å². The number of hydrogen-bond acceptors (Lipinski definition) is 5. The van der Waals surface area contributed by atoms with Crippen molar-refractivity contribution in [3.05, 3.63) is 115 Å². The maximum Gasteiger partial charge on any atom is 0.273 e. The lowest BCUT2D eigenvalue weighted by atomic mass is 10.1. The molecule has 0 atom stereocenters. The van der Waals surface area contributed by atoms with Crippen molar-refractivity contribution in [2.24, 2.45) is 0 Å². The van der Waals surface area contributed by atoms with Crippen LogP contribution >= 0.6 is 11.3 Å². The molecule has 7 heteroatoms. The number of nitrogens with zero attached hydrogens (tertiary/aromatic N) is 3. The van der Waals surface area contributed by atoms with Gasteiger partial charge in [-0.15, -0.1) is 11.3 Å². The van der Waals surface area contributed by atoms with E-state index in [2.05, 4.69) is 5.32 Å². The van der Waals surface area contributed by atoms with Crippen molar-refractivity contribution in [2.75, 3.05) is 5.32 Å². The number of anilines is 1. The molecule has 1 amide bonds. The Balaban J connectivity index is 1.81. The number of hydrogen-bond donors (Lipinski definition) is 1. The first-order valence-electron chi connectivity index (χ1n) is 11.3. The average molecular weight is 491 g/mol. The average Bonchev–Trinajstić information content (AvgIpc) is 3.20. The molecule has 0 fully saturated rings. The molecule has 36 heavy (non-hydrogen) atoms. The predicted molar refractivity (Wildman–Crippen MR) is 142 cm³/mol. The van der Waals surface area contributed by atoms with Crippen LogP contribution in [0.5, 0.6) is 0 Å². The molecule has 0 aliphatic carbocycles. The number of carbonyl (C=O) groups excluding carboxylic acids is 1. The van der Waals surface area contributed by atoms with E-state index in [1.807, 2.05) is 68.5 Å². The molecule has 1 N–H and O–H groups in total. The lowest BCUT2D eigenvalue weighted by Crippen LogP contribution is -2.31. The van der Waals surface area contributed by atoms with Crippen molar-refractivity contribution < 1.29 is 4.79 Å². The second kappa shape index (κ2) is 10.7. The fraction of sp³-hybridized carbons (Fsp3) is 0.103. The van der Waals surface area contributed by atoms with Gasteiger partial charge in [-0.05, 0) is 60.9 Å². The van der Waals surface area contributed by atoms with Crippen LogP contribution < -0.4 is 20.1 Å².